The fraction of sp³-hybridized carbons (Fsp3) is 0.0500. The van der Waals surface area contributed by atoms with Crippen molar-refractivity contribution in [2.45, 2.75) is 6.61 Å². The molecular weight excluding hydrogens is 324 g/mol. The van der Waals surface area contributed by atoms with Gasteiger partial charge in [0.25, 0.3) is 0 Å². The van der Waals surface area contributed by atoms with Gasteiger partial charge in [-0.2, -0.15) is 0 Å². The number of rotatable bonds is 5. The van der Waals surface area contributed by atoms with Gasteiger partial charge in [0.2, 0.25) is 0 Å². The number of aromatic carboxylic acids is 1. The third kappa shape index (κ3) is 3.94. The minimum Gasteiger partial charge on any atom is -0.489 e. The van der Waals surface area contributed by atoms with Gasteiger partial charge >= 0.3 is 5.97 Å². The van der Waals surface area contributed by atoms with Crippen molar-refractivity contribution >= 4 is 17.6 Å². The quantitative estimate of drug-likeness (QED) is 0.688. The topological polar surface area (TPSA) is 46.5 Å². The zero-order valence-corrected chi connectivity index (χ0v) is 13.5. The van der Waals surface area contributed by atoms with Gasteiger partial charge in [0.15, 0.2) is 0 Å². The summed E-state index contributed by atoms with van der Waals surface area (Å²) in [5.74, 6) is -0.179. The van der Waals surface area contributed by atoms with Gasteiger partial charge in [-0.1, -0.05) is 48.0 Å². The van der Waals surface area contributed by atoms with E-state index in [4.69, 9.17) is 21.4 Å². The lowest BCUT2D eigenvalue weighted by Crippen LogP contribution is -1.98. The Bertz CT molecular complexity index is 840. The van der Waals surface area contributed by atoms with Gasteiger partial charge in [0.1, 0.15) is 12.4 Å². The first-order valence-electron chi connectivity index (χ1n) is 7.43. The van der Waals surface area contributed by atoms with Gasteiger partial charge in [-0.15, -0.1) is 0 Å². The average molecular weight is 339 g/mol. The summed E-state index contributed by atoms with van der Waals surface area (Å²) in [6.07, 6.45) is 0. The number of halogens is 1. The molecule has 0 saturated heterocycles. The number of hydrogen-bond donors (Lipinski definition) is 1. The van der Waals surface area contributed by atoms with Crippen LogP contribution in [-0.2, 0) is 6.61 Å². The predicted molar refractivity (Wildman–Crippen MR) is 94.6 cm³/mol. The average Bonchev–Trinajstić information content (AvgIpc) is 2.61. The number of ether oxygens (including phenoxy) is 1. The maximum absolute atomic E-state index is 10.8. The Morgan fingerprint density at radius 1 is 0.917 bits per heavy atom. The largest absolute Gasteiger partial charge is 0.489 e. The van der Waals surface area contributed by atoms with Crippen LogP contribution in [0.5, 0.6) is 5.75 Å². The van der Waals surface area contributed by atoms with Gasteiger partial charge < -0.3 is 9.84 Å². The SMILES string of the molecule is O=C(O)c1ccc(COc2ccc(-c3cccc(Cl)c3)cc2)cc1. The van der Waals surface area contributed by atoms with Crippen LogP contribution in [0.3, 0.4) is 0 Å². The van der Waals surface area contributed by atoms with Gasteiger partial charge in [0, 0.05) is 5.02 Å². The molecule has 0 unspecified atom stereocenters. The van der Waals surface area contributed by atoms with Crippen molar-refractivity contribution in [1.82, 2.24) is 0 Å². The summed E-state index contributed by atoms with van der Waals surface area (Å²) in [5, 5.41) is 9.59. The maximum Gasteiger partial charge on any atom is 0.335 e. The Kier molecular flexibility index (Phi) is 4.82. The van der Waals surface area contributed by atoms with E-state index in [2.05, 4.69) is 0 Å². The molecule has 0 bridgehead atoms. The highest BCUT2D eigenvalue weighted by Gasteiger charge is 2.03. The second-order valence-corrected chi connectivity index (χ2v) is 5.76. The van der Waals surface area contributed by atoms with E-state index in [9.17, 15) is 4.79 Å². The molecule has 0 radical (unpaired) electrons. The summed E-state index contributed by atoms with van der Waals surface area (Å²) in [7, 11) is 0. The number of hydrogen-bond acceptors (Lipinski definition) is 2. The minimum absolute atomic E-state index is 0.268. The fourth-order valence-electron chi connectivity index (χ4n) is 2.32. The van der Waals surface area contributed by atoms with Gasteiger partial charge in [-0.05, 0) is 53.1 Å². The van der Waals surface area contributed by atoms with Crippen LogP contribution in [0.15, 0.2) is 72.8 Å². The van der Waals surface area contributed by atoms with E-state index in [1.54, 1.807) is 24.3 Å². The zero-order chi connectivity index (χ0) is 16.9. The molecule has 3 rings (SSSR count). The molecule has 24 heavy (non-hydrogen) atoms. The molecule has 3 aromatic carbocycles. The fourth-order valence-corrected chi connectivity index (χ4v) is 2.51. The molecule has 0 saturated carbocycles. The van der Waals surface area contributed by atoms with E-state index in [1.165, 1.54) is 0 Å². The van der Waals surface area contributed by atoms with Gasteiger partial charge in [-0.25, -0.2) is 4.79 Å². The van der Waals surface area contributed by atoms with Crippen LogP contribution in [0.2, 0.25) is 5.02 Å². The zero-order valence-electron chi connectivity index (χ0n) is 12.8. The first-order chi connectivity index (χ1) is 11.6. The van der Waals surface area contributed by atoms with Crippen molar-refractivity contribution < 1.29 is 14.6 Å². The minimum atomic E-state index is -0.931. The molecular formula is C20H15ClO3. The highest BCUT2D eigenvalue weighted by molar-refractivity contribution is 6.30. The molecule has 120 valence electrons. The molecule has 0 spiro atoms. The van der Waals surface area contributed by atoms with Crippen molar-refractivity contribution in [2.75, 3.05) is 0 Å². The number of benzene rings is 3. The van der Waals surface area contributed by atoms with Crippen LogP contribution >= 0.6 is 11.6 Å². The van der Waals surface area contributed by atoms with Crippen molar-refractivity contribution in [3.8, 4) is 16.9 Å². The standard InChI is InChI=1S/C20H15ClO3/c21-18-3-1-2-17(12-18)15-8-10-19(11-9-15)24-13-14-4-6-16(7-5-14)20(22)23/h1-12H,13H2,(H,22,23). The van der Waals surface area contributed by atoms with Gasteiger partial charge in [-0.3, -0.25) is 0 Å². The monoisotopic (exact) mass is 338 g/mol. The molecule has 3 aromatic rings. The van der Waals surface area contributed by atoms with Crippen LogP contribution in [0, 0.1) is 0 Å². The molecule has 0 heterocycles. The highest BCUT2D eigenvalue weighted by atomic mass is 35.5. The Morgan fingerprint density at radius 2 is 1.62 bits per heavy atom. The molecule has 0 atom stereocenters. The van der Waals surface area contributed by atoms with Crippen LogP contribution < -0.4 is 4.74 Å². The third-order valence-corrected chi connectivity index (χ3v) is 3.85. The molecule has 4 heteroatoms. The number of carboxylic acids is 1. The smallest absolute Gasteiger partial charge is 0.335 e. The van der Waals surface area contributed by atoms with Crippen LogP contribution in [0.25, 0.3) is 11.1 Å². The molecule has 0 fully saturated rings. The van der Waals surface area contributed by atoms with Crippen LogP contribution in [0.4, 0.5) is 0 Å². The first kappa shape index (κ1) is 16.1. The summed E-state index contributed by atoms with van der Waals surface area (Å²) < 4.78 is 5.73. The Balaban J connectivity index is 1.65. The van der Waals surface area contributed by atoms with Crippen molar-refractivity contribution in [2.24, 2.45) is 0 Å². The highest BCUT2D eigenvalue weighted by Crippen LogP contribution is 2.25. The van der Waals surface area contributed by atoms with E-state index in [1.807, 2.05) is 48.5 Å². The second-order valence-electron chi connectivity index (χ2n) is 5.33. The molecule has 0 aromatic heterocycles. The van der Waals surface area contributed by atoms with E-state index < -0.39 is 5.97 Å². The number of carboxylic acid groups (broad SMARTS) is 1. The molecule has 3 nitrogen and oxygen atoms in total. The van der Waals surface area contributed by atoms with E-state index in [0.29, 0.717) is 11.6 Å². The lowest BCUT2D eigenvalue weighted by molar-refractivity contribution is 0.0697. The van der Waals surface area contributed by atoms with E-state index in [0.717, 1.165) is 22.4 Å². The molecule has 1 N–H and O–H groups in total. The molecule has 0 aliphatic carbocycles. The van der Waals surface area contributed by atoms with Crippen molar-refractivity contribution in [3.63, 3.8) is 0 Å². The lowest BCUT2D eigenvalue weighted by atomic mass is 10.1. The van der Waals surface area contributed by atoms with Gasteiger partial charge in [0.05, 0.1) is 5.56 Å². The van der Waals surface area contributed by atoms with E-state index in [-0.39, 0.29) is 5.56 Å². The van der Waals surface area contributed by atoms with Crippen LogP contribution in [0.1, 0.15) is 15.9 Å². The Labute approximate surface area is 145 Å². The Hall–Kier alpha value is -2.78. The predicted octanol–water partition coefficient (Wildman–Crippen LogP) is 5.28. The van der Waals surface area contributed by atoms with Crippen LogP contribution in [-0.4, -0.2) is 11.1 Å². The summed E-state index contributed by atoms with van der Waals surface area (Å²) in [4.78, 5) is 10.8. The third-order valence-electron chi connectivity index (χ3n) is 3.62. The maximum atomic E-state index is 10.8. The molecule has 0 amide bonds. The van der Waals surface area contributed by atoms with Crippen molar-refractivity contribution in [3.05, 3.63) is 88.9 Å². The summed E-state index contributed by atoms with van der Waals surface area (Å²) in [5.41, 5.74) is 3.30. The first-order valence-corrected chi connectivity index (χ1v) is 7.81. The van der Waals surface area contributed by atoms with Crippen molar-refractivity contribution in [1.29, 1.82) is 0 Å². The molecule has 0 aliphatic rings. The summed E-state index contributed by atoms with van der Waals surface area (Å²) in [6, 6.07) is 22.1. The van der Waals surface area contributed by atoms with E-state index >= 15 is 0 Å². The summed E-state index contributed by atoms with van der Waals surface area (Å²) in [6.45, 7) is 0.385. The Morgan fingerprint density at radius 3 is 2.25 bits per heavy atom. The lowest BCUT2D eigenvalue weighted by Gasteiger charge is -2.08. The molecule has 0 aliphatic heterocycles. The normalized spacial score (nSPS) is 10.4. The number of carbonyl (C=O) groups is 1. The second kappa shape index (κ2) is 7.20. The summed E-state index contributed by atoms with van der Waals surface area (Å²) >= 11 is 6.01.